The second kappa shape index (κ2) is 5.22. The molecule has 0 saturated carbocycles. The SMILES string of the molecule is CC(Cl)C(=O)NCCn1nc2ccccn2c1=O. The first-order valence-corrected chi connectivity index (χ1v) is 5.99. The van der Waals surface area contributed by atoms with Crippen molar-refractivity contribution in [1.29, 1.82) is 0 Å². The summed E-state index contributed by atoms with van der Waals surface area (Å²) in [7, 11) is 0. The van der Waals surface area contributed by atoms with Crippen LogP contribution in [0.15, 0.2) is 29.2 Å². The highest BCUT2D eigenvalue weighted by molar-refractivity contribution is 6.30. The second-order valence-corrected chi connectivity index (χ2v) is 4.50. The van der Waals surface area contributed by atoms with Crippen LogP contribution in [0.25, 0.3) is 5.65 Å². The van der Waals surface area contributed by atoms with Crippen molar-refractivity contribution in [2.75, 3.05) is 6.54 Å². The van der Waals surface area contributed by atoms with Crippen LogP contribution in [0.4, 0.5) is 0 Å². The van der Waals surface area contributed by atoms with Crippen LogP contribution in [0.2, 0.25) is 0 Å². The van der Waals surface area contributed by atoms with Crippen molar-refractivity contribution in [3.8, 4) is 0 Å². The summed E-state index contributed by atoms with van der Waals surface area (Å²) in [6.07, 6.45) is 1.65. The van der Waals surface area contributed by atoms with E-state index < -0.39 is 5.38 Å². The number of amides is 1. The molecule has 1 unspecified atom stereocenters. The largest absolute Gasteiger partial charge is 0.353 e. The minimum absolute atomic E-state index is 0.223. The number of hydrogen-bond donors (Lipinski definition) is 1. The summed E-state index contributed by atoms with van der Waals surface area (Å²) < 4.78 is 2.76. The van der Waals surface area contributed by atoms with E-state index in [9.17, 15) is 9.59 Å². The minimum Gasteiger partial charge on any atom is -0.353 e. The molecule has 2 heterocycles. The molecule has 1 N–H and O–H groups in total. The molecule has 0 spiro atoms. The Morgan fingerprint density at radius 2 is 2.33 bits per heavy atom. The fraction of sp³-hybridized carbons (Fsp3) is 0.364. The molecule has 0 aliphatic heterocycles. The van der Waals surface area contributed by atoms with E-state index in [1.165, 1.54) is 9.08 Å². The fourth-order valence-electron chi connectivity index (χ4n) is 1.54. The van der Waals surface area contributed by atoms with Crippen molar-refractivity contribution in [3.63, 3.8) is 0 Å². The van der Waals surface area contributed by atoms with E-state index >= 15 is 0 Å². The Kier molecular flexibility index (Phi) is 3.66. The maximum Gasteiger partial charge on any atom is 0.350 e. The maximum atomic E-state index is 11.9. The number of halogens is 1. The zero-order valence-corrected chi connectivity index (χ0v) is 10.6. The van der Waals surface area contributed by atoms with Gasteiger partial charge in [0.2, 0.25) is 5.91 Å². The number of pyridine rings is 1. The molecule has 6 nitrogen and oxygen atoms in total. The Labute approximate surface area is 108 Å². The molecular weight excluding hydrogens is 256 g/mol. The molecule has 1 amide bonds. The number of fused-ring (bicyclic) bond motifs is 1. The van der Waals surface area contributed by atoms with E-state index in [1.807, 2.05) is 6.07 Å². The molecule has 18 heavy (non-hydrogen) atoms. The van der Waals surface area contributed by atoms with Crippen molar-refractivity contribution in [2.45, 2.75) is 18.8 Å². The van der Waals surface area contributed by atoms with E-state index in [-0.39, 0.29) is 11.6 Å². The van der Waals surface area contributed by atoms with Crippen molar-refractivity contribution in [1.82, 2.24) is 19.5 Å². The topological polar surface area (TPSA) is 68.4 Å². The number of hydrogen-bond acceptors (Lipinski definition) is 3. The third kappa shape index (κ3) is 2.53. The van der Waals surface area contributed by atoms with Gasteiger partial charge in [0.15, 0.2) is 5.65 Å². The van der Waals surface area contributed by atoms with Crippen molar-refractivity contribution < 1.29 is 4.79 Å². The monoisotopic (exact) mass is 268 g/mol. The van der Waals surface area contributed by atoms with Gasteiger partial charge in [0.05, 0.1) is 6.54 Å². The number of rotatable bonds is 4. The first kappa shape index (κ1) is 12.6. The lowest BCUT2D eigenvalue weighted by Crippen LogP contribution is -2.34. The van der Waals surface area contributed by atoms with E-state index in [4.69, 9.17) is 11.6 Å². The van der Waals surface area contributed by atoms with Crippen LogP contribution < -0.4 is 11.0 Å². The van der Waals surface area contributed by atoms with Gasteiger partial charge in [0.25, 0.3) is 0 Å². The molecule has 2 rings (SSSR count). The first-order valence-electron chi connectivity index (χ1n) is 5.55. The van der Waals surface area contributed by atoms with E-state index in [2.05, 4.69) is 10.4 Å². The summed E-state index contributed by atoms with van der Waals surface area (Å²) in [5, 5.41) is 6.18. The highest BCUT2D eigenvalue weighted by atomic mass is 35.5. The molecule has 7 heteroatoms. The van der Waals surface area contributed by atoms with Crippen LogP contribution in [0.5, 0.6) is 0 Å². The fourth-order valence-corrected chi connectivity index (χ4v) is 1.62. The molecule has 0 bridgehead atoms. The van der Waals surface area contributed by atoms with E-state index in [1.54, 1.807) is 25.3 Å². The molecular formula is C11H13ClN4O2. The molecule has 0 aliphatic carbocycles. The molecule has 0 radical (unpaired) electrons. The third-order valence-electron chi connectivity index (χ3n) is 2.47. The molecule has 0 fully saturated rings. The minimum atomic E-state index is -0.581. The molecule has 2 aromatic rings. The summed E-state index contributed by atoms with van der Waals surface area (Å²) in [4.78, 5) is 23.1. The van der Waals surface area contributed by atoms with Crippen LogP contribution in [0.3, 0.4) is 0 Å². The number of aromatic nitrogens is 3. The van der Waals surface area contributed by atoms with Gasteiger partial charge in [-0.25, -0.2) is 9.48 Å². The van der Waals surface area contributed by atoms with Gasteiger partial charge in [-0.3, -0.25) is 9.20 Å². The first-order chi connectivity index (χ1) is 8.59. The van der Waals surface area contributed by atoms with Gasteiger partial charge in [-0.05, 0) is 19.1 Å². The van der Waals surface area contributed by atoms with Crippen LogP contribution in [0.1, 0.15) is 6.92 Å². The highest BCUT2D eigenvalue weighted by Crippen LogP contribution is 1.95. The van der Waals surface area contributed by atoms with Gasteiger partial charge in [0.1, 0.15) is 5.38 Å². The number of alkyl halides is 1. The Morgan fingerprint density at radius 3 is 3.00 bits per heavy atom. The summed E-state index contributed by atoms with van der Waals surface area (Å²) in [6, 6.07) is 5.32. The van der Waals surface area contributed by atoms with Crippen molar-refractivity contribution in [3.05, 3.63) is 34.9 Å². The zero-order valence-electron chi connectivity index (χ0n) is 9.84. The van der Waals surface area contributed by atoms with Gasteiger partial charge >= 0.3 is 5.69 Å². The van der Waals surface area contributed by atoms with Gasteiger partial charge in [-0.15, -0.1) is 16.7 Å². The smallest absolute Gasteiger partial charge is 0.350 e. The lowest BCUT2D eigenvalue weighted by atomic mass is 10.4. The molecule has 96 valence electrons. The van der Waals surface area contributed by atoms with Gasteiger partial charge in [0, 0.05) is 12.7 Å². The van der Waals surface area contributed by atoms with Crippen LogP contribution >= 0.6 is 11.6 Å². The quantitative estimate of drug-likeness (QED) is 0.808. The molecule has 0 aliphatic rings. The Morgan fingerprint density at radius 1 is 1.56 bits per heavy atom. The molecule has 2 aromatic heterocycles. The average molecular weight is 269 g/mol. The lowest BCUT2D eigenvalue weighted by molar-refractivity contribution is -0.120. The molecule has 0 aromatic carbocycles. The highest BCUT2D eigenvalue weighted by Gasteiger charge is 2.09. The van der Waals surface area contributed by atoms with Crippen LogP contribution in [0, 0.1) is 0 Å². The van der Waals surface area contributed by atoms with E-state index in [0.29, 0.717) is 18.7 Å². The van der Waals surface area contributed by atoms with Crippen LogP contribution in [-0.2, 0) is 11.3 Å². The van der Waals surface area contributed by atoms with Crippen molar-refractivity contribution in [2.24, 2.45) is 0 Å². The van der Waals surface area contributed by atoms with Crippen LogP contribution in [-0.4, -0.2) is 32.0 Å². The molecule has 1 atom stereocenters. The Bertz CT molecular complexity index is 617. The summed E-state index contributed by atoms with van der Waals surface area (Å²) in [6.45, 7) is 2.23. The number of nitrogens with zero attached hydrogens (tertiary/aromatic N) is 3. The third-order valence-corrected chi connectivity index (χ3v) is 2.67. The van der Waals surface area contributed by atoms with Gasteiger partial charge < -0.3 is 5.32 Å². The van der Waals surface area contributed by atoms with E-state index in [0.717, 1.165) is 0 Å². The number of nitrogens with one attached hydrogen (secondary N) is 1. The van der Waals surface area contributed by atoms with Gasteiger partial charge in [-0.1, -0.05) is 6.07 Å². The van der Waals surface area contributed by atoms with Gasteiger partial charge in [-0.2, -0.15) is 0 Å². The molecule has 0 saturated heterocycles. The Hall–Kier alpha value is -1.82. The zero-order chi connectivity index (χ0) is 13.1. The summed E-state index contributed by atoms with van der Waals surface area (Å²) in [5.41, 5.74) is 0.360. The predicted octanol–water partition coefficient (Wildman–Crippen LogP) is 0.239. The normalized spacial score (nSPS) is 12.6. The standard InChI is InChI=1S/C11H13ClN4O2/c1-8(12)10(17)13-5-7-16-11(18)15-6-3-2-4-9(15)14-16/h2-4,6,8H,5,7H2,1H3,(H,13,17). The second-order valence-electron chi connectivity index (χ2n) is 3.84. The number of carbonyl (C=O) groups is 1. The summed E-state index contributed by atoms with van der Waals surface area (Å²) in [5.74, 6) is -0.256. The summed E-state index contributed by atoms with van der Waals surface area (Å²) >= 11 is 5.61. The number of carbonyl (C=O) groups excluding carboxylic acids is 1. The van der Waals surface area contributed by atoms with Crippen molar-refractivity contribution >= 4 is 23.2 Å². The average Bonchev–Trinajstić information content (AvgIpc) is 2.67. The maximum absolute atomic E-state index is 11.9. The Balaban J connectivity index is 2.06. The predicted molar refractivity (Wildman–Crippen MR) is 67.8 cm³/mol. The lowest BCUT2D eigenvalue weighted by Gasteiger charge is -2.05.